The molecular formula is C19H24FN3O4S. The molecule has 0 aliphatic carbocycles. The number of sulfonamides is 1. The van der Waals surface area contributed by atoms with E-state index in [4.69, 9.17) is 4.42 Å². The molecule has 3 rings (SSSR count). The molecule has 0 spiro atoms. The lowest BCUT2D eigenvalue weighted by atomic mass is 10.3. The largest absolute Gasteiger partial charge is 0.464 e. The standard InChI is InChI=1S/C19H24FN3O4S/c1-15-3-6-17(27-15)13-21(2)19(24)14-22-9-11-23(12-10-22)28(25,26)18-7-4-16(20)5-8-18/h3-8H,9-14H2,1-2H3. The first-order chi connectivity index (χ1) is 13.3. The van der Waals surface area contributed by atoms with Gasteiger partial charge in [-0.25, -0.2) is 12.8 Å². The molecule has 0 radical (unpaired) electrons. The Kier molecular flexibility index (Phi) is 6.17. The van der Waals surface area contributed by atoms with Crippen LogP contribution in [0.25, 0.3) is 0 Å². The molecule has 1 aromatic carbocycles. The van der Waals surface area contributed by atoms with E-state index in [1.807, 2.05) is 24.0 Å². The number of aryl methyl sites for hydroxylation is 1. The van der Waals surface area contributed by atoms with E-state index >= 15 is 0 Å². The number of benzene rings is 1. The number of furan rings is 1. The van der Waals surface area contributed by atoms with Gasteiger partial charge in [0, 0.05) is 33.2 Å². The van der Waals surface area contributed by atoms with Crippen LogP contribution in [-0.4, -0.2) is 68.2 Å². The summed E-state index contributed by atoms with van der Waals surface area (Å²) in [7, 11) is -1.94. The molecule has 1 aliphatic rings. The molecule has 28 heavy (non-hydrogen) atoms. The number of hydrogen-bond donors (Lipinski definition) is 0. The van der Waals surface area contributed by atoms with Crippen LogP contribution in [0.15, 0.2) is 45.7 Å². The van der Waals surface area contributed by atoms with E-state index in [-0.39, 0.29) is 30.4 Å². The van der Waals surface area contributed by atoms with E-state index in [0.29, 0.717) is 19.6 Å². The highest BCUT2D eigenvalue weighted by molar-refractivity contribution is 7.89. The van der Waals surface area contributed by atoms with Gasteiger partial charge in [0.25, 0.3) is 0 Å². The van der Waals surface area contributed by atoms with Gasteiger partial charge < -0.3 is 9.32 Å². The first-order valence-corrected chi connectivity index (χ1v) is 10.5. The van der Waals surface area contributed by atoms with Crippen molar-refractivity contribution in [1.82, 2.24) is 14.1 Å². The Morgan fingerprint density at radius 3 is 2.32 bits per heavy atom. The first kappa shape index (κ1) is 20.5. The van der Waals surface area contributed by atoms with E-state index < -0.39 is 15.8 Å². The fourth-order valence-electron chi connectivity index (χ4n) is 3.09. The number of amides is 1. The van der Waals surface area contributed by atoms with Crippen molar-refractivity contribution in [2.75, 3.05) is 39.8 Å². The van der Waals surface area contributed by atoms with Crippen molar-refractivity contribution in [3.05, 3.63) is 53.7 Å². The molecule has 2 aromatic rings. The fourth-order valence-corrected chi connectivity index (χ4v) is 4.51. The van der Waals surface area contributed by atoms with Crippen LogP contribution < -0.4 is 0 Å². The topological polar surface area (TPSA) is 74.1 Å². The lowest BCUT2D eigenvalue weighted by Gasteiger charge is -2.34. The smallest absolute Gasteiger partial charge is 0.243 e. The molecule has 1 fully saturated rings. The Bertz CT molecular complexity index is 919. The van der Waals surface area contributed by atoms with E-state index in [1.165, 1.54) is 16.4 Å². The molecule has 7 nitrogen and oxygen atoms in total. The lowest BCUT2D eigenvalue weighted by molar-refractivity contribution is -0.132. The second kappa shape index (κ2) is 8.42. The molecule has 1 amide bonds. The lowest BCUT2D eigenvalue weighted by Crippen LogP contribution is -2.51. The maximum absolute atomic E-state index is 13.0. The minimum Gasteiger partial charge on any atom is -0.464 e. The number of carbonyl (C=O) groups is 1. The van der Waals surface area contributed by atoms with E-state index in [0.717, 1.165) is 23.7 Å². The van der Waals surface area contributed by atoms with Crippen molar-refractivity contribution in [3.8, 4) is 0 Å². The number of rotatable bonds is 6. The summed E-state index contributed by atoms with van der Waals surface area (Å²) in [6, 6.07) is 8.51. The summed E-state index contributed by atoms with van der Waals surface area (Å²) in [6.45, 7) is 3.96. The summed E-state index contributed by atoms with van der Waals surface area (Å²) < 4.78 is 45.2. The molecular weight excluding hydrogens is 385 g/mol. The zero-order chi connectivity index (χ0) is 20.3. The minimum atomic E-state index is -3.65. The third-order valence-corrected chi connectivity index (χ3v) is 6.67. The molecule has 0 saturated carbocycles. The number of likely N-dealkylation sites (N-methyl/N-ethyl adjacent to an activating group) is 1. The maximum Gasteiger partial charge on any atom is 0.243 e. The first-order valence-electron chi connectivity index (χ1n) is 9.03. The van der Waals surface area contributed by atoms with Gasteiger partial charge in [0.15, 0.2) is 0 Å². The van der Waals surface area contributed by atoms with Crippen LogP contribution in [0.4, 0.5) is 4.39 Å². The highest BCUT2D eigenvalue weighted by Crippen LogP contribution is 2.18. The third-order valence-electron chi connectivity index (χ3n) is 4.76. The van der Waals surface area contributed by atoms with E-state index in [1.54, 1.807) is 11.9 Å². The molecule has 0 atom stereocenters. The minimum absolute atomic E-state index is 0.0519. The number of nitrogens with zero attached hydrogens (tertiary/aromatic N) is 3. The Morgan fingerprint density at radius 1 is 1.11 bits per heavy atom. The Hall–Kier alpha value is -2.23. The van der Waals surface area contributed by atoms with Crippen LogP contribution in [0.5, 0.6) is 0 Å². The SMILES string of the molecule is Cc1ccc(CN(C)C(=O)CN2CCN(S(=O)(=O)c3ccc(F)cc3)CC2)o1. The Balaban J connectivity index is 1.52. The van der Waals surface area contributed by atoms with Gasteiger partial charge in [-0.05, 0) is 43.3 Å². The monoisotopic (exact) mass is 409 g/mol. The van der Waals surface area contributed by atoms with Crippen LogP contribution >= 0.6 is 0 Å². The molecule has 0 N–H and O–H groups in total. The molecule has 0 bridgehead atoms. The highest BCUT2D eigenvalue weighted by atomic mass is 32.2. The van der Waals surface area contributed by atoms with Gasteiger partial charge >= 0.3 is 0 Å². The van der Waals surface area contributed by atoms with Crippen LogP contribution in [0.2, 0.25) is 0 Å². The van der Waals surface area contributed by atoms with Gasteiger partial charge in [-0.2, -0.15) is 4.31 Å². The van der Waals surface area contributed by atoms with Gasteiger partial charge in [0.1, 0.15) is 17.3 Å². The van der Waals surface area contributed by atoms with Crippen molar-refractivity contribution < 1.29 is 22.0 Å². The second-order valence-corrected chi connectivity index (χ2v) is 8.83. The number of carbonyl (C=O) groups excluding carboxylic acids is 1. The molecule has 0 unspecified atom stereocenters. The van der Waals surface area contributed by atoms with Crippen molar-refractivity contribution in [2.24, 2.45) is 0 Å². The van der Waals surface area contributed by atoms with Crippen molar-refractivity contribution in [1.29, 1.82) is 0 Å². The Labute approximate surface area is 164 Å². The summed E-state index contributed by atoms with van der Waals surface area (Å²) in [5.41, 5.74) is 0. The van der Waals surface area contributed by atoms with E-state index in [9.17, 15) is 17.6 Å². The van der Waals surface area contributed by atoms with Crippen molar-refractivity contribution in [3.63, 3.8) is 0 Å². The maximum atomic E-state index is 13.0. The van der Waals surface area contributed by atoms with Crippen molar-refractivity contribution >= 4 is 15.9 Å². The Morgan fingerprint density at radius 2 is 1.75 bits per heavy atom. The molecule has 152 valence electrons. The predicted molar refractivity (Wildman–Crippen MR) is 102 cm³/mol. The predicted octanol–water partition coefficient (Wildman–Crippen LogP) is 1.69. The average molecular weight is 409 g/mol. The van der Waals surface area contributed by atoms with Crippen molar-refractivity contribution in [2.45, 2.75) is 18.4 Å². The fraction of sp³-hybridized carbons (Fsp3) is 0.421. The zero-order valence-electron chi connectivity index (χ0n) is 16.0. The molecule has 1 aliphatic heterocycles. The molecule has 2 heterocycles. The summed E-state index contributed by atoms with van der Waals surface area (Å²) >= 11 is 0. The van der Waals surface area contributed by atoms with Gasteiger partial charge in [-0.3, -0.25) is 9.69 Å². The molecule has 1 saturated heterocycles. The quantitative estimate of drug-likeness (QED) is 0.726. The highest BCUT2D eigenvalue weighted by Gasteiger charge is 2.29. The summed E-state index contributed by atoms with van der Waals surface area (Å²) in [4.78, 5) is 16.0. The second-order valence-electron chi connectivity index (χ2n) is 6.90. The number of hydrogen-bond acceptors (Lipinski definition) is 5. The molecule has 1 aromatic heterocycles. The molecule has 9 heteroatoms. The van der Waals surface area contributed by atoms with Gasteiger partial charge in [0.2, 0.25) is 15.9 Å². The third kappa shape index (κ3) is 4.78. The van der Waals surface area contributed by atoms with Crippen LogP contribution in [-0.2, 0) is 21.4 Å². The summed E-state index contributed by atoms with van der Waals surface area (Å²) in [5, 5.41) is 0. The van der Waals surface area contributed by atoms with Crippen LogP contribution in [0, 0.1) is 12.7 Å². The normalized spacial score (nSPS) is 16.2. The van der Waals surface area contributed by atoms with Crippen LogP contribution in [0.3, 0.4) is 0 Å². The zero-order valence-corrected chi connectivity index (χ0v) is 16.8. The van der Waals surface area contributed by atoms with E-state index in [2.05, 4.69) is 0 Å². The van der Waals surface area contributed by atoms with Gasteiger partial charge in [0.05, 0.1) is 18.0 Å². The number of piperazine rings is 1. The average Bonchev–Trinajstić information content (AvgIpc) is 3.07. The van der Waals surface area contributed by atoms with Gasteiger partial charge in [-0.15, -0.1) is 0 Å². The summed E-state index contributed by atoms with van der Waals surface area (Å²) in [6.07, 6.45) is 0. The number of halogens is 1. The summed E-state index contributed by atoms with van der Waals surface area (Å²) in [5.74, 6) is 0.998. The van der Waals surface area contributed by atoms with Crippen LogP contribution in [0.1, 0.15) is 11.5 Å². The van der Waals surface area contributed by atoms with Gasteiger partial charge in [-0.1, -0.05) is 0 Å².